The van der Waals surface area contributed by atoms with Gasteiger partial charge in [0.05, 0.1) is 12.1 Å². The van der Waals surface area contributed by atoms with Gasteiger partial charge in [0.2, 0.25) is 5.91 Å². The lowest BCUT2D eigenvalue weighted by atomic mass is 10.3. The third-order valence-electron chi connectivity index (χ3n) is 2.67. The highest BCUT2D eigenvalue weighted by atomic mass is 32.1. The number of hydrogen-bond donors (Lipinski definition) is 1. The molecule has 0 fully saturated rings. The second kappa shape index (κ2) is 6.99. The molecule has 0 saturated heterocycles. The van der Waals surface area contributed by atoms with Crippen molar-refractivity contribution >= 4 is 17.2 Å². The van der Waals surface area contributed by atoms with Crippen LogP contribution in [0.25, 0.3) is 10.6 Å². The lowest BCUT2D eigenvalue weighted by Gasteiger charge is -2.01. The number of aromatic nitrogens is 2. The molecule has 2 aromatic rings. The SMILES string of the molecule is CCCCNC(=O)Cc1csc(-c2ccncc2)n1. The molecular weight excluding hydrogens is 258 g/mol. The fourth-order valence-electron chi connectivity index (χ4n) is 1.65. The second-order valence-electron chi connectivity index (χ2n) is 4.26. The molecule has 0 radical (unpaired) electrons. The van der Waals surface area contributed by atoms with Crippen LogP contribution in [0.1, 0.15) is 25.5 Å². The standard InChI is InChI=1S/C14H17N3OS/c1-2-3-6-16-13(18)9-12-10-19-14(17-12)11-4-7-15-8-5-11/h4-5,7-8,10H,2-3,6,9H2,1H3,(H,16,18). The van der Waals surface area contributed by atoms with E-state index in [1.807, 2.05) is 17.5 Å². The molecule has 0 aliphatic rings. The van der Waals surface area contributed by atoms with Crippen LogP contribution >= 0.6 is 11.3 Å². The van der Waals surface area contributed by atoms with E-state index in [0.717, 1.165) is 35.7 Å². The Morgan fingerprint density at radius 2 is 2.16 bits per heavy atom. The van der Waals surface area contributed by atoms with Crippen molar-refractivity contribution in [3.8, 4) is 10.6 Å². The maximum Gasteiger partial charge on any atom is 0.226 e. The Hall–Kier alpha value is -1.75. The van der Waals surface area contributed by atoms with Gasteiger partial charge in [0.15, 0.2) is 0 Å². The van der Waals surface area contributed by atoms with Crippen molar-refractivity contribution in [1.82, 2.24) is 15.3 Å². The quantitative estimate of drug-likeness (QED) is 0.825. The third-order valence-corrected chi connectivity index (χ3v) is 3.61. The zero-order valence-corrected chi connectivity index (χ0v) is 11.7. The second-order valence-corrected chi connectivity index (χ2v) is 5.12. The highest BCUT2D eigenvalue weighted by Crippen LogP contribution is 2.22. The molecule has 0 atom stereocenters. The molecule has 1 N–H and O–H groups in total. The van der Waals surface area contributed by atoms with E-state index < -0.39 is 0 Å². The van der Waals surface area contributed by atoms with Gasteiger partial charge in [0.1, 0.15) is 5.01 Å². The van der Waals surface area contributed by atoms with E-state index in [4.69, 9.17) is 0 Å². The summed E-state index contributed by atoms with van der Waals surface area (Å²) in [5.41, 5.74) is 1.86. The van der Waals surface area contributed by atoms with Crippen molar-refractivity contribution in [2.24, 2.45) is 0 Å². The Morgan fingerprint density at radius 3 is 2.89 bits per heavy atom. The predicted octanol–water partition coefficient (Wildman–Crippen LogP) is 2.66. The van der Waals surface area contributed by atoms with Crippen LogP contribution in [0.2, 0.25) is 0 Å². The molecule has 2 aromatic heterocycles. The number of carbonyl (C=O) groups excluding carboxylic acids is 1. The molecule has 19 heavy (non-hydrogen) atoms. The summed E-state index contributed by atoms with van der Waals surface area (Å²) in [4.78, 5) is 20.1. The molecule has 4 nitrogen and oxygen atoms in total. The monoisotopic (exact) mass is 275 g/mol. The number of thiazole rings is 1. The first-order valence-corrected chi connectivity index (χ1v) is 7.29. The number of unbranched alkanes of at least 4 members (excludes halogenated alkanes) is 1. The predicted molar refractivity (Wildman–Crippen MR) is 77.0 cm³/mol. The summed E-state index contributed by atoms with van der Waals surface area (Å²) in [7, 11) is 0. The van der Waals surface area contributed by atoms with Crippen molar-refractivity contribution in [2.75, 3.05) is 6.54 Å². The number of nitrogens with zero attached hydrogens (tertiary/aromatic N) is 2. The van der Waals surface area contributed by atoms with Crippen LogP contribution in [-0.2, 0) is 11.2 Å². The molecule has 2 heterocycles. The highest BCUT2D eigenvalue weighted by molar-refractivity contribution is 7.13. The van der Waals surface area contributed by atoms with Crippen molar-refractivity contribution in [2.45, 2.75) is 26.2 Å². The van der Waals surface area contributed by atoms with Crippen molar-refractivity contribution in [3.05, 3.63) is 35.6 Å². The van der Waals surface area contributed by atoms with Crippen molar-refractivity contribution < 1.29 is 4.79 Å². The molecule has 0 aliphatic carbocycles. The Balaban J connectivity index is 1.93. The number of amides is 1. The van der Waals surface area contributed by atoms with E-state index in [1.54, 1.807) is 23.7 Å². The Kier molecular flexibility index (Phi) is 5.03. The molecule has 0 aliphatic heterocycles. The van der Waals surface area contributed by atoms with Crippen molar-refractivity contribution in [3.63, 3.8) is 0 Å². The van der Waals surface area contributed by atoms with Gasteiger partial charge >= 0.3 is 0 Å². The lowest BCUT2D eigenvalue weighted by Crippen LogP contribution is -2.26. The Morgan fingerprint density at radius 1 is 1.37 bits per heavy atom. The molecule has 0 spiro atoms. The van der Waals surface area contributed by atoms with Crippen molar-refractivity contribution in [1.29, 1.82) is 0 Å². The molecule has 0 aromatic carbocycles. The summed E-state index contributed by atoms with van der Waals surface area (Å²) in [6.45, 7) is 2.85. The van der Waals surface area contributed by atoms with E-state index in [1.165, 1.54) is 0 Å². The number of hydrogen-bond acceptors (Lipinski definition) is 4. The van der Waals surface area contributed by atoms with E-state index in [9.17, 15) is 4.79 Å². The molecule has 100 valence electrons. The number of rotatable bonds is 6. The van der Waals surface area contributed by atoms with E-state index in [0.29, 0.717) is 6.42 Å². The van der Waals surface area contributed by atoms with Gasteiger partial charge in [0, 0.05) is 29.9 Å². The van der Waals surface area contributed by atoms with Crippen LogP contribution in [0, 0.1) is 0 Å². The Labute approximate surface area is 116 Å². The van der Waals surface area contributed by atoms with Gasteiger partial charge in [-0.25, -0.2) is 4.98 Å². The first kappa shape index (κ1) is 13.7. The highest BCUT2D eigenvalue weighted by Gasteiger charge is 2.08. The lowest BCUT2D eigenvalue weighted by molar-refractivity contribution is -0.120. The fraction of sp³-hybridized carbons (Fsp3) is 0.357. The van der Waals surface area contributed by atoms with Gasteiger partial charge in [-0.2, -0.15) is 0 Å². The molecule has 1 amide bonds. The van der Waals surface area contributed by atoms with Gasteiger partial charge in [0.25, 0.3) is 0 Å². The number of nitrogens with one attached hydrogen (secondary N) is 1. The van der Waals surface area contributed by atoms with Gasteiger partial charge in [-0.05, 0) is 18.6 Å². The normalized spacial score (nSPS) is 10.4. The maximum atomic E-state index is 11.7. The average Bonchev–Trinajstić information content (AvgIpc) is 2.88. The minimum atomic E-state index is 0.0417. The van der Waals surface area contributed by atoms with E-state index >= 15 is 0 Å². The average molecular weight is 275 g/mol. The summed E-state index contributed by atoms with van der Waals surface area (Å²) in [6, 6.07) is 3.84. The Bertz CT molecular complexity index is 524. The topological polar surface area (TPSA) is 54.9 Å². The first-order chi connectivity index (χ1) is 9.29. The fourth-order valence-corrected chi connectivity index (χ4v) is 2.47. The summed E-state index contributed by atoms with van der Waals surface area (Å²) < 4.78 is 0. The van der Waals surface area contributed by atoms with Crippen LogP contribution in [0.15, 0.2) is 29.9 Å². The summed E-state index contributed by atoms with van der Waals surface area (Å²) >= 11 is 1.55. The number of pyridine rings is 1. The van der Waals surface area contributed by atoms with E-state index in [-0.39, 0.29) is 5.91 Å². The molecule has 2 rings (SSSR count). The molecule has 0 unspecified atom stereocenters. The van der Waals surface area contributed by atoms with Gasteiger partial charge in [-0.1, -0.05) is 13.3 Å². The molecule has 0 saturated carbocycles. The summed E-state index contributed by atoms with van der Waals surface area (Å²) in [5, 5.41) is 5.77. The number of carbonyl (C=O) groups is 1. The molecular formula is C14H17N3OS. The van der Waals surface area contributed by atoms with Crippen LogP contribution in [0.4, 0.5) is 0 Å². The zero-order valence-electron chi connectivity index (χ0n) is 10.9. The van der Waals surface area contributed by atoms with Gasteiger partial charge < -0.3 is 5.32 Å². The van der Waals surface area contributed by atoms with Crippen LogP contribution in [0.3, 0.4) is 0 Å². The summed E-state index contributed by atoms with van der Waals surface area (Å²) in [5.74, 6) is 0.0417. The summed E-state index contributed by atoms with van der Waals surface area (Å²) in [6.07, 6.45) is 5.95. The molecule has 5 heteroatoms. The smallest absolute Gasteiger partial charge is 0.226 e. The minimum absolute atomic E-state index is 0.0417. The van der Waals surface area contributed by atoms with Gasteiger partial charge in [-0.15, -0.1) is 11.3 Å². The van der Waals surface area contributed by atoms with Gasteiger partial charge in [-0.3, -0.25) is 9.78 Å². The van der Waals surface area contributed by atoms with Crippen LogP contribution in [0.5, 0.6) is 0 Å². The van der Waals surface area contributed by atoms with E-state index in [2.05, 4.69) is 22.2 Å². The maximum absolute atomic E-state index is 11.7. The zero-order chi connectivity index (χ0) is 13.5. The minimum Gasteiger partial charge on any atom is -0.356 e. The van der Waals surface area contributed by atoms with Crippen LogP contribution < -0.4 is 5.32 Å². The largest absolute Gasteiger partial charge is 0.356 e. The molecule has 0 bridgehead atoms. The first-order valence-electron chi connectivity index (χ1n) is 6.41. The van der Waals surface area contributed by atoms with Crippen LogP contribution in [-0.4, -0.2) is 22.4 Å². The third kappa shape index (κ3) is 4.13.